The van der Waals surface area contributed by atoms with Crippen molar-refractivity contribution in [3.05, 3.63) is 65.0 Å². The quantitative estimate of drug-likeness (QED) is 0.716. The first-order valence-electron chi connectivity index (χ1n) is 10.4. The smallest absolute Gasteiger partial charge is 0.247 e. The number of hydrogen-bond acceptors (Lipinski definition) is 4. The van der Waals surface area contributed by atoms with Gasteiger partial charge in [-0.3, -0.25) is 14.5 Å². The Morgan fingerprint density at radius 2 is 1.72 bits per heavy atom. The maximum absolute atomic E-state index is 13.4. The molecule has 32 heavy (non-hydrogen) atoms. The number of nitrogens with one attached hydrogen (secondary N) is 1. The van der Waals surface area contributed by atoms with Crippen molar-refractivity contribution in [1.29, 1.82) is 0 Å². The summed E-state index contributed by atoms with van der Waals surface area (Å²) in [6, 6.07) is 11.3. The lowest BCUT2D eigenvalue weighted by atomic mass is 9.93. The molecule has 2 aromatic carbocycles. The highest BCUT2D eigenvalue weighted by Crippen LogP contribution is 2.32. The predicted octanol–water partition coefficient (Wildman–Crippen LogP) is 2.52. The Balaban J connectivity index is 1.99. The van der Waals surface area contributed by atoms with E-state index in [9.17, 15) is 22.4 Å². The van der Waals surface area contributed by atoms with Crippen LogP contribution in [0.2, 0.25) is 0 Å². The summed E-state index contributed by atoms with van der Waals surface area (Å²) in [7, 11) is -3.69. The molecule has 2 amide bonds. The van der Waals surface area contributed by atoms with E-state index >= 15 is 0 Å². The third-order valence-electron chi connectivity index (χ3n) is 5.62. The first-order valence-corrected chi connectivity index (χ1v) is 12.0. The lowest BCUT2D eigenvalue weighted by Gasteiger charge is -2.46. The van der Waals surface area contributed by atoms with Crippen LogP contribution in [0.25, 0.3) is 0 Å². The van der Waals surface area contributed by atoms with Gasteiger partial charge in [0.1, 0.15) is 11.4 Å². The van der Waals surface area contributed by atoms with Crippen LogP contribution in [-0.4, -0.2) is 48.9 Å². The van der Waals surface area contributed by atoms with Crippen LogP contribution in [0.4, 0.5) is 10.1 Å². The molecular formula is C23H28FN3O4S. The van der Waals surface area contributed by atoms with E-state index in [1.165, 1.54) is 24.0 Å². The summed E-state index contributed by atoms with van der Waals surface area (Å²) in [6.07, 6.45) is 0. The third-order valence-corrected chi connectivity index (χ3v) is 7.39. The molecule has 1 heterocycles. The van der Waals surface area contributed by atoms with Gasteiger partial charge in [-0.25, -0.2) is 12.8 Å². The van der Waals surface area contributed by atoms with Gasteiger partial charge in [-0.15, -0.1) is 0 Å². The third kappa shape index (κ3) is 4.83. The van der Waals surface area contributed by atoms with Crippen molar-refractivity contribution in [2.45, 2.75) is 39.8 Å². The number of halogens is 1. The maximum Gasteiger partial charge on any atom is 0.247 e. The van der Waals surface area contributed by atoms with Gasteiger partial charge in [-0.1, -0.05) is 18.2 Å². The Hall–Kier alpha value is -2.78. The molecule has 1 atom stereocenters. The van der Waals surface area contributed by atoms with Crippen LogP contribution >= 0.6 is 0 Å². The molecule has 0 spiro atoms. The predicted molar refractivity (Wildman–Crippen MR) is 121 cm³/mol. The van der Waals surface area contributed by atoms with Gasteiger partial charge in [0.05, 0.1) is 12.3 Å². The average Bonchev–Trinajstić information content (AvgIpc) is 2.71. The number of anilines is 1. The van der Waals surface area contributed by atoms with Gasteiger partial charge in [-0.2, -0.15) is 4.31 Å². The number of hydrogen-bond donors (Lipinski definition) is 1. The van der Waals surface area contributed by atoms with Gasteiger partial charge in [0.15, 0.2) is 0 Å². The van der Waals surface area contributed by atoms with E-state index in [-0.39, 0.29) is 31.2 Å². The van der Waals surface area contributed by atoms with E-state index < -0.39 is 27.4 Å². The number of rotatable bonds is 6. The van der Waals surface area contributed by atoms with Crippen LogP contribution in [-0.2, 0) is 26.2 Å². The van der Waals surface area contributed by atoms with E-state index in [0.717, 1.165) is 15.4 Å². The van der Waals surface area contributed by atoms with Crippen LogP contribution in [0, 0.1) is 19.7 Å². The topological polar surface area (TPSA) is 86.8 Å². The molecule has 0 unspecified atom stereocenters. The summed E-state index contributed by atoms with van der Waals surface area (Å²) in [5.41, 5.74) is 1.59. The van der Waals surface area contributed by atoms with Gasteiger partial charge in [-0.05, 0) is 68.7 Å². The number of piperazine rings is 1. The fourth-order valence-corrected chi connectivity index (χ4v) is 5.12. The monoisotopic (exact) mass is 461 g/mol. The zero-order valence-corrected chi connectivity index (χ0v) is 19.5. The summed E-state index contributed by atoms with van der Waals surface area (Å²) in [6.45, 7) is 6.47. The van der Waals surface area contributed by atoms with Gasteiger partial charge in [0.25, 0.3) is 0 Å². The molecule has 0 bridgehead atoms. The standard InChI is InChI=1S/C23H28FN3O4S/c1-5-32(30,31)26-14-21(28)27(20-11-16(2)10-17(3)12-20)23(4,15-26)22(29)25-13-18-6-8-19(24)9-7-18/h6-12H,5,13-15H2,1-4H3,(H,25,29)/t23-/m0/s1. The molecule has 0 saturated carbocycles. The highest BCUT2D eigenvalue weighted by atomic mass is 32.2. The summed E-state index contributed by atoms with van der Waals surface area (Å²) in [4.78, 5) is 28.0. The molecular weight excluding hydrogens is 433 g/mol. The Bertz CT molecular complexity index is 1110. The molecule has 1 saturated heterocycles. The Kier molecular flexibility index (Phi) is 6.71. The first kappa shape index (κ1) is 23.9. The van der Waals surface area contributed by atoms with Crippen molar-refractivity contribution in [3.63, 3.8) is 0 Å². The minimum atomic E-state index is -3.69. The van der Waals surface area contributed by atoms with Gasteiger partial charge < -0.3 is 5.32 Å². The average molecular weight is 462 g/mol. The van der Waals surface area contributed by atoms with Gasteiger partial charge >= 0.3 is 0 Å². The largest absolute Gasteiger partial charge is 0.350 e. The van der Waals surface area contributed by atoms with E-state index in [0.29, 0.717) is 11.3 Å². The zero-order valence-electron chi connectivity index (χ0n) is 18.7. The van der Waals surface area contributed by atoms with Crippen molar-refractivity contribution >= 4 is 27.5 Å². The SMILES string of the molecule is CCS(=O)(=O)N1CC(=O)N(c2cc(C)cc(C)c2)[C@](C)(C(=O)NCc2ccc(F)cc2)C1. The number of carbonyl (C=O) groups excluding carboxylic acids is 2. The number of nitrogens with zero attached hydrogens (tertiary/aromatic N) is 2. The van der Waals surface area contributed by atoms with Crippen molar-refractivity contribution < 1.29 is 22.4 Å². The molecule has 0 aromatic heterocycles. The molecule has 0 aliphatic carbocycles. The lowest BCUT2D eigenvalue weighted by molar-refractivity contribution is -0.133. The molecule has 1 N–H and O–H groups in total. The zero-order chi connectivity index (χ0) is 23.7. The second-order valence-electron chi connectivity index (χ2n) is 8.33. The summed E-state index contributed by atoms with van der Waals surface area (Å²) in [5.74, 6) is -1.52. The summed E-state index contributed by atoms with van der Waals surface area (Å²) < 4.78 is 39.4. The number of benzene rings is 2. The maximum atomic E-state index is 13.4. The van der Waals surface area contributed by atoms with Crippen molar-refractivity contribution in [2.75, 3.05) is 23.7 Å². The molecule has 2 aromatic rings. The fourth-order valence-electron chi connectivity index (χ4n) is 4.00. The van der Waals surface area contributed by atoms with Gasteiger partial charge in [0.2, 0.25) is 21.8 Å². The molecule has 1 aliphatic heterocycles. The minimum Gasteiger partial charge on any atom is -0.350 e. The molecule has 1 fully saturated rings. The Morgan fingerprint density at radius 3 is 2.28 bits per heavy atom. The summed E-state index contributed by atoms with van der Waals surface area (Å²) >= 11 is 0. The van der Waals surface area contributed by atoms with Crippen LogP contribution in [0.3, 0.4) is 0 Å². The second kappa shape index (κ2) is 8.99. The van der Waals surface area contributed by atoms with Crippen molar-refractivity contribution in [1.82, 2.24) is 9.62 Å². The molecule has 9 heteroatoms. The molecule has 3 rings (SSSR count). The van der Waals surface area contributed by atoms with Crippen LogP contribution in [0.5, 0.6) is 0 Å². The van der Waals surface area contributed by atoms with Crippen LogP contribution in [0.1, 0.15) is 30.5 Å². The minimum absolute atomic E-state index is 0.115. The molecule has 0 radical (unpaired) electrons. The van der Waals surface area contributed by atoms with Crippen molar-refractivity contribution in [3.8, 4) is 0 Å². The van der Waals surface area contributed by atoms with E-state index in [1.807, 2.05) is 19.9 Å². The second-order valence-corrected chi connectivity index (χ2v) is 10.6. The highest BCUT2D eigenvalue weighted by molar-refractivity contribution is 7.89. The van der Waals surface area contributed by atoms with Crippen molar-refractivity contribution in [2.24, 2.45) is 0 Å². The fraction of sp³-hybridized carbons (Fsp3) is 0.391. The molecule has 7 nitrogen and oxygen atoms in total. The van der Waals surface area contributed by atoms with E-state index in [4.69, 9.17) is 0 Å². The van der Waals surface area contributed by atoms with E-state index in [2.05, 4.69) is 5.32 Å². The first-order chi connectivity index (χ1) is 15.0. The Morgan fingerprint density at radius 1 is 1.12 bits per heavy atom. The molecule has 172 valence electrons. The lowest BCUT2D eigenvalue weighted by Crippen LogP contribution is -2.70. The molecule has 1 aliphatic rings. The number of aryl methyl sites for hydroxylation is 2. The van der Waals surface area contributed by atoms with Crippen LogP contribution < -0.4 is 10.2 Å². The van der Waals surface area contributed by atoms with Gasteiger partial charge in [0, 0.05) is 18.8 Å². The number of sulfonamides is 1. The van der Waals surface area contributed by atoms with E-state index in [1.54, 1.807) is 31.2 Å². The number of amides is 2. The highest BCUT2D eigenvalue weighted by Gasteiger charge is 2.50. The van der Waals surface area contributed by atoms with Crippen LogP contribution in [0.15, 0.2) is 42.5 Å². The number of carbonyl (C=O) groups is 2. The Labute approximate surface area is 188 Å². The normalized spacial score (nSPS) is 19.8. The summed E-state index contributed by atoms with van der Waals surface area (Å²) in [5, 5.41) is 2.79.